The van der Waals surface area contributed by atoms with Gasteiger partial charge in [0.15, 0.2) is 0 Å². The normalized spacial score (nSPS) is 23.8. The third-order valence-corrected chi connectivity index (χ3v) is 8.68. The van der Waals surface area contributed by atoms with Crippen molar-refractivity contribution in [1.29, 1.82) is 0 Å². The molecule has 1 aromatic carbocycles. The second-order valence-electron chi connectivity index (χ2n) is 9.18. The summed E-state index contributed by atoms with van der Waals surface area (Å²) < 4.78 is 26.8. The number of hydrogen-bond acceptors (Lipinski definition) is 4. The Balaban J connectivity index is 2.00. The molecule has 2 aliphatic rings. The van der Waals surface area contributed by atoms with Crippen molar-refractivity contribution in [3.63, 3.8) is 0 Å². The van der Waals surface area contributed by atoms with Crippen LogP contribution >= 0.6 is 11.6 Å². The molecular weight excluding hydrogens is 450 g/mol. The molecule has 1 heterocycles. The van der Waals surface area contributed by atoms with Gasteiger partial charge in [-0.3, -0.25) is 14.5 Å². The van der Waals surface area contributed by atoms with Gasteiger partial charge >= 0.3 is 0 Å². The van der Waals surface area contributed by atoms with E-state index >= 15 is 0 Å². The maximum atomic E-state index is 13.7. The molecule has 1 saturated carbocycles. The average molecular weight is 484 g/mol. The lowest BCUT2D eigenvalue weighted by Gasteiger charge is -2.47. The van der Waals surface area contributed by atoms with E-state index in [4.69, 9.17) is 11.6 Å². The molecule has 9 heteroatoms. The number of benzene rings is 1. The zero-order chi connectivity index (χ0) is 23.5. The van der Waals surface area contributed by atoms with Crippen LogP contribution in [-0.4, -0.2) is 55.0 Å². The predicted octanol–water partition coefficient (Wildman–Crippen LogP) is 3.63. The fourth-order valence-corrected chi connectivity index (χ4v) is 6.51. The Bertz CT molecular complexity index is 960. The third-order valence-electron chi connectivity index (χ3n) is 6.47. The number of carbonyl (C=O) groups is 2. The van der Waals surface area contributed by atoms with Crippen LogP contribution in [-0.2, 0) is 19.6 Å². The Hall–Kier alpha value is -1.64. The molecule has 0 aromatic heterocycles. The van der Waals surface area contributed by atoms with Gasteiger partial charge in [-0.1, -0.05) is 44.2 Å². The number of halogens is 1. The fourth-order valence-electron chi connectivity index (χ4n) is 4.76. The summed E-state index contributed by atoms with van der Waals surface area (Å²) in [4.78, 5) is 28.5. The smallest absolute Gasteiger partial charge is 0.247 e. The zero-order valence-corrected chi connectivity index (χ0v) is 20.8. The van der Waals surface area contributed by atoms with Gasteiger partial charge in [-0.2, -0.15) is 4.31 Å². The Labute approximate surface area is 196 Å². The fraction of sp³-hybridized carbons (Fsp3) is 0.652. The van der Waals surface area contributed by atoms with Gasteiger partial charge < -0.3 is 5.32 Å². The number of nitrogens with one attached hydrogen (secondary N) is 1. The van der Waals surface area contributed by atoms with E-state index in [0.29, 0.717) is 17.1 Å². The van der Waals surface area contributed by atoms with Crippen molar-refractivity contribution in [3.8, 4) is 0 Å². The van der Waals surface area contributed by atoms with Crippen molar-refractivity contribution >= 4 is 39.1 Å². The van der Waals surface area contributed by atoms with Crippen LogP contribution in [0.1, 0.15) is 64.4 Å². The summed E-state index contributed by atoms with van der Waals surface area (Å²) in [6.07, 6.45) is 6.65. The second-order valence-corrected chi connectivity index (χ2v) is 11.7. The quantitative estimate of drug-likeness (QED) is 0.626. The summed E-state index contributed by atoms with van der Waals surface area (Å²) in [6, 6.07) is 5.19. The predicted molar refractivity (Wildman–Crippen MR) is 127 cm³/mol. The molecule has 32 heavy (non-hydrogen) atoms. The molecule has 1 aromatic rings. The molecule has 1 saturated heterocycles. The Morgan fingerprint density at radius 3 is 2.47 bits per heavy atom. The van der Waals surface area contributed by atoms with Gasteiger partial charge in [0.25, 0.3) is 0 Å². The summed E-state index contributed by atoms with van der Waals surface area (Å²) in [5.74, 6) is -0.788. The number of hydrogen-bond donors (Lipinski definition) is 1. The van der Waals surface area contributed by atoms with Crippen LogP contribution in [0.15, 0.2) is 18.2 Å². The van der Waals surface area contributed by atoms with Gasteiger partial charge in [-0.05, 0) is 56.9 Å². The van der Waals surface area contributed by atoms with E-state index in [1.807, 2.05) is 6.92 Å². The Morgan fingerprint density at radius 1 is 1.22 bits per heavy atom. The molecule has 0 bridgehead atoms. The molecule has 1 aliphatic carbocycles. The number of sulfonamides is 1. The minimum absolute atomic E-state index is 0.0349. The lowest BCUT2D eigenvalue weighted by Crippen LogP contribution is -2.71. The van der Waals surface area contributed by atoms with E-state index in [9.17, 15) is 18.0 Å². The van der Waals surface area contributed by atoms with Crippen LogP contribution in [0.25, 0.3) is 0 Å². The first-order chi connectivity index (χ1) is 15.1. The molecule has 0 radical (unpaired) electrons. The molecule has 0 unspecified atom stereocenters. The first-order valence-electron chi connectivity index (χ1n) is 11.5. The van der Waals surface area contributed by atoms with Crippen LogP contribution in [0.5, 0.6) is 0 Å². The van der Waals surface area contributed by atoms with Crippen molar-refractivity contribution in [2.24, 2.45) is 0 Å². The minimum atomic E-state index is -3.65. The highest BCUT2D eigenvalue weighted by molar-refractivity contribution is 7.89. The molecule has 2 amide bonds. The zero-order valence-electron chi connectivity index (χ0n) is 19.2. The molecule has 178 valence electrons. The Kier molecular flexibility index (Phi) is 7.89. The maximum Gasteiger partial charge on any atom is 0.247 e. The molecule has 1 aliphatic heterocycles. The molecule has 3 rings (SSSR count). The molecule has 0 spiro atoms. The van der Waals surface area contributed by atoms with E-state index < -0.39 is 21.5 Å². The van der Waals surface area contributed by atoms with Crippen LogP contribution in [0, 0.1) is 6.92 Å². The topological polar surface area (TPSA) is 86.8 Å². The number of anilines is 1. The summed E-state index contributed by atoms with van der Waals surface area (Å²) in [7, 11) is -3.65. The molecule has 1 atom stereocenters. The SMILES string of the molecule is CCCS(=O)(=O)N1CC(=O)N(c2ccc(Cl)cc2C)[C@@](C)(C(=O)NC2CCCCCC2)C1. The number of nitrogens with zero attached hydrogens (tertiary/aromatic N) is 2. The first-order valence-corrected chi connectivity index (χ1v) is 13.4. The highest BCUT2D eigenvalue weighted by Crippen LogP contribution is 2.34. The van der Waals surface area contributed by atoms with Gasteiger partial charge in [0, 0.05) is 23.3 Å². The van der Waals surface area contributed by atoms with Gasteiger partial charge in [0.05, 0.1) is 12.3 Å². The average Bonchev–Trinajstić information content (AvgIpc) is 2.97. The third kappa shape index (κ3) is 5.29. The highest BCUT2D eigenvalue weighted by atomic mass is 35.5. The largest absolute Gasteiger partial charge is 0.351 e. The van der Waals surface area contributed by atoms with E-state index in [1.54, 1.807) is 32.0 Å². The van der Waals surface area contributed by atoms with Crippen molar-refractivity contribution in [2.75, 3.05) is 23.7 Å². The monoisotopic (exact) mass is 483 g/mol. The van der Waals surface area contributed by atoms with E-state index in [-0.39, 0.29) is 30.8 Å². The van der Waals surface area contributed by atoms with Crippen molar-refractivity contribution in [1.82, 2.24) is 9.62 Å². The number of carbonyl (C=O) groups excluding carboxylic acids is 2. The van der Waals surface area contributed by atoms with E-state index in [2.05, 4.69) is 5.32 Å². The summed E-state index contributed by atoms with van der Waals surface area (Å²) in [5, 5.41) is 3.68. The maximum absolute atomic E-state index is 13.7. The van der Waals surface area contributed by atoms with Crippen LogP contribution in [0.2, 0.25) is 5.02 Å². The molecule has 2 fully saturated rings. The number of aryl methyl sites for hydroxylation is 1. The molecular formula is C23H34ClN3O4S. The van der Waals surface area contributed by atoms with Crippen LogP contribution in [0.3, 0.4) is 0 Å². The lowest BCUT2D eigenvalue weighted by molar-refractivity contribution is -0.133. The standard InChI is InChI=1S/C23H34ClN3O4S/c1-4-13-32(30,31)26-15-21(28)27(20-12-11-18(24)14-17(20)2)23(3,16-26)22(29)25-19-9-7-5-6-8-10-19/h11-12,14,19H,4-10,13,15-16H2,1-3H3,(H,25,29)/t23-/m1/s1. The van der Waals surface area contributed by atoms with Gasteiger partial charge in [-0.15, -0.1) is 0 Å². The van der Waals surface area contributed by atoms with Gasteiger partial charge in [0.1, 0.15) is 5.54 Å². The van der Waals surface area contributed by atoms with Crippen LogP contribution < -0.4 is 10.2 Å². The van der Waals surface area contributed by atoms with Gasteiger partial charge in [0.2, 0.25) is 21.8 Å². The molecule has 7 nitrogen and oxygen atoms in total. The van der Waals surface area contributed by atoms with Gasteiger partial charge in [-0.25, -0.2) is 8.42 Å². The number of amides is 2. The van der Waals surface area contributed by atoms with Crippen molar-refractivity contribution in [2.45, 2.75) is 77.3 Å². The highest BCUT2D eigenvalue weighted by Gasteiger charge is 2.51. The summed E-state index contributed by atoms with van der Waals surface area (Å²) in [6.45, 7) is 4.92. The summed E-state index contributed by atoms with van der Waals surface area (Å²) >= 11 is 6.12. The second kappa shape index (κ2) is 10.1. The lowest BCUT2D eigenvalue weighted by atomic mass is 9.92. The molecule has 1 N–H and O–H groups in total. The first kappa shape index (κ1) is 25.0. The van der Waals surface area contributed by atoms with E-state index in [0.717, 1.165) is 44.1 Å². The Morgan fingerprint density at radius 2 is 1.88 bits per heavy atom. The number of piperazine rings is 1. The van der Waals surface area contributed by atoms with Crippen molar-refractivity contribution < 1.29 is 18.0 Å². The minimum Gasteiger partial charge on any atom is -0.351 e. The van der Waals surface area contributed by atoms with Crippen molar-refractivity contribution in [3.05, 3.63) is 28.8 Å². The summed E-state index contributed by atoms with van der Waals surface area (Å²) in [5.41, 5.74) is -0.0456. The number of rotatable bonds is 6. The van der Waals surface area contributed by atoms with E-state index in [1.165, 1.54) is 9.21 Å². The van der Waals surface area contributed by atoms with Crippen LogP contribution in [0.4, 0.5) is 5.69 Å².